The van der Waals surface area contributed by atoms with E-state index in [1.54, 1.807) is 24.3 Å². The minimum atomic E-state index is 0.197. The summed E-state index contributed by atoms with van der Waals surface area (Å²) in [5.41, 5.74) is 6.98. The summed E-state index contributed by atoms with van der Waals surface area (Å²) in [4.78, 5) is 0. The van der Waals surface area contributed by atoms with Crippen molar-refractivity contribution in [2.75, 3.05) is 5.73 Å². The molecule has 3 N–H and O–H groups in total. The number of nitrogen functional groups attached to an aromatic ring is 1. The minimum absolute atomic E-state index is 0.197. The summed E-state index contributed by atoms with van der Waals surface area (Å²) in [7, 11) is 0. The van der Waals surface area contributed by atoms with Crippen LogP contribution in [0.25, 0.3) is 11.3 Å². The fourth-order valence-electron chi connectivity index (χ4n) is 1.18. The van der Waals surface area contributed by atoms with Gasteiger partial charge in [-0.1, -0.05) is 12.1 Å². The Bertz CT molecular complexity index is 502. The van der Waals surface area contributed by atoms with Gasteiger partial charge in [-0.15, -0.1) is 10.2 Å². The second-order valence-corrected chi connectivity index (χ2v) is 3.87. The molecular weight excluding hydrogens is 258 g/mol. The molecule has 15 heavy (non-hydrogen) atoms. The van der Waals surface area contributed by atoms with Crippen molar-refractivity contribution in [1.29, 1.82) is 0 Å². The lowest BCUT2D eigenvalue weighted by Gasteiger charge is -2.02. The number of nitrogens with two attached hydrogens (primary N) is 1. The summed E-state index contributed by atoms with van der Waals surface area (Å²) in [6, 6.07) is 8.57. The van der Waals surface area contributed by atoms with Crippen molar-refractivity contribution in [2.24, 2.45) is 0 Å². The average molecular weight is 266 g/mol. The van der Waals surface area contributed by atoms with Crippen molar-refractivity contribution in [3.05, 3.63) is 34.8 Å². The predicted octanol–water partition coefficient (Wildman–Crippen LogP) is 2.19. The topological polar surface area (TPSA) is 72.0 Å². The molecule has 0 bridgehead atoms. The number of halogens is 1. The van der Waals surface area contributed by atoms with Gasteiger partial charge in [-0.2, -0.15) is 0 Å². The number of nitrogens with zero attached hydrogens (tertiary/aromatic N) is 2. The maximum absolute atomic E-state index is 9.31. The molecule has 2 aromatic rings. The van der Waals surface area contributed by atoms with E-state index < -0.39 is 0 Å². The summed E-state index contributed by atoms with van der Waals surface area (Å²) in [5, 5.41) is 17.0. The second-order valence-electron chi connectivity index (χ2n) is 3.01. The van der Waals surface area contributed by atoms with Gasteiger partial charge in [0.25, 0.3) is 0 Å². The molecule has 0 aliphatic rings. The van der Waals surface area contributed by atoms with E-state index in [9.17, 15) is 5.11 Å². The molecule has 0 aliphatic carbocycles. The lowest BCUT2D eigenvalue weighted by atomic mass is 10.1. The normalized spacial score (nSPS) is 10.2. The van der Waals surface area contributed by atoms with E-state index in [1.165, 1.54) is 0 Å². The van der Waals surface area contributed by atoms with Crippen molar-refractivity contribution in [2.45, 2.75) is 0 Å². The molecule has 0 spiro atoms. The first-order valence-corrected chi connectivity index (χ1v) is 5.04. The van der Waals surface area contributed by atoms with Gasteiger partial charge in [0.15, 0.2) is 5.82 Å². The summed E-state index contributed by atoms with van der Waals surface area (Å²) in [6.45, 7) is 0. The van der Waals surface area contributed by atoms with Crippen LogP contribution in [0.4, 0.5) is 5.82 Å². The molecule has 0 fully saturated rings. The SMILES string of the molecule is Nc1nnc(-c2cccc(O)c2)cc1Br. The van der Waals surface area contributed by atoms with Crippen LogP contribution in [0.15, 0.2) is 34.8 Å². The molecule has 2 rings (SSSR count). The summed E-state index contributed by atoms with van der Waals surface area (Å²) < 4.78 is 0.691. The summed E-state index contributed by atoms with van der Waals surface area (Å²) >= 11 is 3.27. The molecule has 0 saturated heterocycles. The highest BCUT2D eigenvalue weighted by Crippen LogP contribution is 2.25. The molecular formula is C10H8BrN3O. The average Bonchev–Trinajstić information content (AvgIpc) is 2.22. The quantitative estimate of drug-likeness (QED) is 0.829. The standard InChI is InChI=1S/C10H8BrN3O/c11-8-5-9(13-14-10(8)12)6-2-1-3-7(15)4-6/h1-5,15H,(H2,12,14). The predicted molar refractivity (Wildman–Crippen MR) is 61.2 cm³/mol. The molecule has 76 valence electrons. The molecule has 4 nitrogen and oxygen atoms in total. The first-order chi connectivity index (χ1) is 7.16. The third-order valence-electron chi connectivity index (χ3n) is 1.92. The fraction of sp³-hybridized carbons (Fsp3) is 0. The number of aromatic nitrogens is 2. The second kappa shape index (κ2) is 3.86. The molecule has 1 aromatic carbocycles. The van der Waals surface area contributed by atoms with E-state index in [0.29, 0.717) is 16.0 Å². The Morgan fingerprint density at radius 2 is 2.00 bits per heavy atom. The monoisotopic (exact) mass is 265 g/mol. The number of hydrogen-bond acceptors (Lipinski definition) is 4. The van der Waals surface area contributed by atoms with Gasteiger partial charge in [-0.3, -0.25) is 0 Å². The van der Waals surface area contributed by atoms with E-state index >= 15 is 0 Å². The molecule has 0 aliphatic heterocycles. The Hall–Kier alpha value is -1.62. The highest BCUT2D eigenvalue weighted by molar-refractivity contribution is 9.10. The molecule has 0 amide bonds. The largest absolute Gasteiger partial charge is 0.508 e. The third-order valence-corrected chi connectivity index (χ3v) is 2.55. The van der Waals surface area contributed by atoms with Crippen LogP contribution in [0.1, 0.15) is 0 Å². The highest BCUT2D eigenvalue weighted by Gasteiger charge is 2.04. The minimum Gasteiger partial charge on any atom is -0.508 e. The van der Waals surface area contributed by atoms with Gasteiger partial charge in [-0.25, -0.2) is 0 Å². The van der Waals surface area contributed by atoms with Gasteiger partial charge < -0.3 is 10.8 Å². The van der Waals surface area contributed by atoms with E-state index in [-0.39, 0.29) is 5.75 Å². The van der Waals surface area contributed by atoms with Crippen LogP contribution in [0.2, 0.25) is 0 Å². The molecule has 0 saturated carbocycles. The summed E-state index contributed by atoms with van der Waals surface area (Å²) in [6.07, 6.45) is 0. The van der Waals surface area contributed by atoms with Crippen LogP contribution in [0.5, 0.6) is 5.75 Å². The maximum Gasteiger partial charge on any atom is 0.160 e. The van der Waals surface area contributed by atoms with Crippen LogP contribution >= 0.6 is 15.9 Å². The highest BCUT2D eigenvalue weighted by atomic mass is 79.9. The van der Waals surface area contributed by atoms with E-state index in [2.05, 4.69) is 26.1 Å². The van der Waals surface area contributed by atoms with Crippen LogP contribution < -0.4 is 5.73 Å². The first-order valence-electron chi connectivity index (χ1n) is 4.25. The van der Waals surface area contributed by atoms with Crippen LogP contribution in [0, 0.1) is 0 Å². The Balaban J connectivity index is 2.50. The zero-order chi connectivity index (χ0) is 10.8. The lowest BCUT2D eigenvalue weighted by molar-refractivity contribution is 0.475. The summed E-state index contributed by atoms with van der Waals surface area (Å²) in [5.74, 6) is 0.543. The van der Waals surface area contributed by atoms with Crippen LogP contribution in [0.3, 0.4) is 0 Å². The Morgan fingerprint density at radius 3 is 2.67 bits per heavy atom. The van der Waals surface area contributed by atoms with Crippen LogP contribution in [-0.2, 0) is 0 Å². The first kappa shape index (κ1) is 9.92. The van der Waals surface area contributed by atoms with Gasteiger partial charge in [0, 0.05) is 5.56 Å². The van der Waals surface area contributed by atoms with Crippen molar-refractivity contribution in [3.8, 4) is 17.0 Å². The number of phenols is 1. The molecule has 1 heterocycles. The van der Waals surface area contributed by atoms with Crippen molar-refractivity contribution in [1.82, 2.24) is 10.2 Å². The number of phenolic OH excluding ortho intramolecular Hbond substituents is 1. The van der Waals surface area contributed by atoms with Crippen molar-refractivity contribution in [3.63, 3.8) is 0 Å². The van der Waals surface area contributed by atoms with Gasteiger partial charge in [0.2, 0.25) is 0 Å². The van der Waals surface area contributed by atoms with E-state index in [0.717, 1.165) is 5.56 Å². The molecule has 0 radical (unpaired) electrons. The smallest absolute Gasteiger partial charge is 0.160 e. The zero-order valence-electron chi connectivity index (χ0n) is 7.68. The van der Waals surface area contributed by atoms with Gasteiger partial charge in [0.1, 0.15) is 5.75 Å². The molecule has 0 atom stereocenters. The third kappa shape index (κ3) is 2.07. The van der Waals surface area contributed by atoms with Crippen molar-refractivity contribution < 1.29 is 5.11 Å². The Kier molecular flexibility index (Phi) is 2.55. The number of anilines is 1. The molecule has 0 unspecified atom stereocenters. The van der Waals surface area contributed by atoms with Gasteiger partial charge in [0.05, 0.1) is 10.2 Å². The van der Waals surface area contributed by atoms with Crippen molar-refractivity contribution >= 4 is 21.7 Å². The number of hydrogen-bond donors (Lipinski definition) is 2. The van der Waals surface area contributed by atoms with Gasteiger partial charge in [-0.05, 0) is 34.1 Å². The zero-order valence-corrected chi connectivity index (χ0v) is 9.27. The Labute approximate surface area is 94.9 Å². The fourth-order valence-corrected chi connectivity index (χ4v) is 1.48. The molecule has 5 heteroatoms. The van der Waals surface area contributed by atoms with E-state index in [1.807, 2.05) is 6.07 Å². The number of benzene rings is 1. The number of aromatic hydroxyl groups is 1. The van der Waals surface area contributed by atoms with Crippen LogP contribution in [-0.4, -0.2) is 15.3 Å². The number of rotatable bonds is 1. The maximum atomic E-state index is 9.31. The molecule has 1 aromatic heterocycles. The van der Waals surface area contributed by atoms with E-state index in [4.69, 9.17) is 5.73 Å². The Morgan fingerprint density at radius 1 is 1.20 bits per heavy atom. The van der Waals surface area contributed by atoms with Gasteiger partial charge >= 0.3 is 0 Å². The lowest BCUT2D eigenvalue weighted by Crippen LogP contribution is -1.95.